The van der Waals surface area contributed by atoms with Crippen molar-refractivity contribution in [3.05, 3.63) is 94.6 Å². The number of nitrogens with zero attached hydrogens (tertiary/aromatic N) is 1. The number of ether oxygens (including phenoxy) is 1. The first-order valence-electron chi connectivity index (χ1n) is 12.9. The van der Waals surface area contributed by atoms with Crippen molar-refractivity contribution in [1.29, 1.82) is 0 Å². The number of carbonyl (C=O) groups excluding carboxylic acids is 1. The molecule has 0 saturated heterocycles. The number of hydrogen-bond donors (Lipinski definition) is 0. The van der Waals surface area contributed by atoms with Gasteiger partial charge in [0.05, 0.1) is 23.4 Å². The molecule has 1 aromatic heterocycles. The predicted molar refractivity (Wildman–Crippen MR) is 156 cm³/mol. The molecule has 0 aliphatic carbocycles. The lowest BCUT2D eigenvalue weighted by atomic mass is 10.1. The second-order valence-corrected chi connectivity index (χ2v) is 16.3. The molecule has 192 valence electrons. The van der Waals surface area contributed by atoms with E-state index in [2.05, 4.69) is 115 Å². The number of fused-ring (bicyclic) bond motifs is 3. The summed E-state index contributed by atoms with van der Waals surface area (Å²) in [7, 11) is -2.61. The number of hydrogen-bond acceptors (Lipinski definition) is 3. The van der Waals surface area contributed by atoms with Crippen LogP contribution in [0.1, 0.15) is 43.7 Å². The SMILES string of the molecule is C[C@H](CO[Si](c1ccccc1)(c1ccccc1)C(C)(C)C)Cn1c2c(c3ccc(Br)cc31)C(=O)COC2. The molecule has 0 fully saturated rings. The minimum Gasteiger partial charge on any atom is -0.407 e. The highest BCUT2D eigenvalue weighted by Crippen LogP contribution is 2.37. The molecule has 37 heavy (non-hydrogen) atoms. The monoisotopic (exact) mass is 575 g/mol. The molecule has 2 heterocycles. The van der Waals surface area contributed by atoms with E-state index in [1.54, 1.807) is 0 Å². The standard InChI is InChI=1S/C31H34BrNO3Si/c1-22(18-33-27-17-23(32)15-16-26(27)30-28(33)20-35-21-29(30)34)19-36-37(31(2,3)4,24-11-7-5-8-12-24)25-13-9-6-10-14-25/h5-17,22H,18-21H2,1-4H3/t22-/m0/s1. The van der Waals surface area contributed by atoms with Gasteiger partial charge in [-0.15, -0.1) is 0 Å². The molecule has 0 saturated carbocycles. The Morgan fingerprint density at radius 1 is 0.973 bits per heavy atom. The zero-order valence-electron chi connectivity index (χ0n) is 22.0. The van der Waals surface area contributed by atoms with Gasteiger partial charge in [-0.1, -0.05) is 110 Å². The smallest absolute Gasteiger partial charge is 0.261 e. The molecule has 0 unspecified atom stereocenters. The van der Waals surface area contributed by atoms with E-state index >= 15 is 0 Å². The lowest BCUT2D eigenvalue weighted by Gasteiger charge is -2.43. The average Bonchev–Trinajstić information content (AvgIpc) is 3.18. The van der Waals surface area contributed by atoms with Crippen molar-refractivity contribution >= 4 is 51.3 Å². The van der Waals surface area contributed by atoms with E-state index < -0.39 is 8.32 Å². The Hall–Kier alpha value is -2.51. The van der Waals surface area contributed by atoms with Crippen LogP contribution in [0.4, 0.5) is 0 Å². The minimum atomic E-state index is -2.61. The predicted octanol–water partition coefficient (Wildman–Crippen LogP) is 6.33. The van der Waals surface area contributed by atoms with Gasteiger partial charge >= 0.3 is 0 Å². The van der Waals surface area contributed by atoms with Gasteiger partial charge in [0, 0.05) is 23.0 Å². The van der Waals surface area contributed by atoms with E-state index in [9.17, 15) is 4.79 Å². The second kappa shape index (κ2) is 10.3. The first-order chi connectivity index (χ1) is 17.7. The Bertz CT molecular complexity index is 1370. The summed E-state index contributed by atoms with van der Waals surface area (Å²) in [6.07, 6.45) is 0. The average molecular weight is 577 g/mol. The van der Waals surface area contributed by atoms with Gasteiger partial charge in [-0.25, -0.2) is 0 Å². The van der Waals surface area contributed by atoms with Gasteiger partial charge in [0.2, 0.25) is 0 Å². The molecule has 0 bridgehead atoms. The van der Waals surface area contributed by atoms with E-state index in [-0.39, 0.29) is 23.3 Å². The van der Waals surface area contributed by atoms with Crippen molar-refractivity contribution in [2.75, 3.05) is 13.2 Å². The fraction of sp³-hybridized carbons (Fsp3) is 0.323. The first kappa shape index (κ1) is 26.1. The summed E-state index contributed by atoms with van der Waals surface area (Å²) >= 11 is 3.62. The maximum absolute atomic E-state index is 12.8. The van der Waals surface area contributed by atoms with E-state index in [1.807, 2.05) is 12.1 Å². The maximum atomic E-state index is 12.8. The molecular weight excluding hydrogens is 542 g/mol. The number of rotatable bonds is 7. The Labute approximate surface area is 228 Å². The van der Waals surface area contributed by atoms with E-state index in [4.69, 9.17) is 9.16 Å². The molecule has 6 heteroatoms. The molecule has 3 aromatic carbocycles. The molecule has 1 aliphatic rings. The van der Waals surface area contributed by atoms with Crippen LogP contribution in [0.25, 0.3) is 10.9 Å². The Morgan fingerprint density at radius 3 is 2.19 bits per heavy atom. The summed E-state index contributed by atoms with van der Waals surface area (Å²) in [6, 6.07) is 27.7. The first-order valence-corrected chi connectivity index (χ1v) is 15.6. The highest BCUT2D eigenvalue weighted by molar-refractivity contribution is 9.10. The van der Waals surface area contributed by atoms with Crippen LogP contribution < -0.4 is 10.4 Å². The molecule has 0 radical (unpaired) electrons. The van der Waals surface area contributed by atoms with Gasteiger partial charge in [-0.05, 0) is 33.5 Å². The van der Waals surface area contributed by atoms with Crippen LogP contribution >= 0.6 is 15.9 Å². The Morgan fingerprint density at radius 2 is 1.59 bits per heavy atom. The molecular formula is C31H34BrNO3Si. The molecule has 0 amide bonds. The Kier molecular flexibility index (Phi) is 7.29. The summed E-state index contributed by atoms with van der Waals surface area (Å²) in [4.78, 5) is 12.8. The molecule has 4 nitrogen and oxygen atoms in total. The molecule has 1 atom stereocenters. The molecule has 0 N–H and O–H groups in total. The van der Waals surface area contributed by atoms with Gasteiger partial charge in [-0.2, -0.15) is 0 Å². The summed E-state index contributed by atoms with van der Waals surface area (Å²) in [6.45, 7) is 11.1. The Balaban J connectivity index is 1.51. The van der Waals surface area contributed by atoms with E-state index in [0.29, 0.717) is 13.2 Å². The van der Waals surface area contributed by atoms with Crippen molar-refractivity contribution in [2.45, 2.75) is 45.9 Å². The molecule has 0 spiro atoms. The number of Topliss-reactive ketones (excluding diaryl/α,β-unsaturated/α-hetero) is 1. The summed E-state index contributed by atoms with van der Waals surface area (Å²) in [5, 5.41) is 3.51. The maximum Gasteiger partial charge on any atom is 0.261 e. The topological polar surface area (TPSA) is 40.5 Å². The van der Waals surface area contributed by atoms with Crippen LogP contribution in [0.15, 0.2) is 83.3 Å². The number of carbonyl (C=O) groups is 1. The molecule has 1 aliphatic heterocycles. The summed E-state index contributed by atoms with van der Waals surface area (Å²) < 4.78 is 16.1. The number of ketones is 1. The van der Waals surface area contributed by atoms with Crippen LogP contribution in [0, 0.1) is 5.92 Å². The van der Waals surface area contributed by atoms with Gasteiger partial charge < -0.3 is 13.7 Å². The van der Waals surface area contributed by atoms with Gasteiger partial charge in [0.25, 0.3) is 8.32 Å². The van der Waals surface area contributed by atoms with Crippen LogP contribution in [0.3, 0.4) is 0 Å². The van der Waals surface area contributed by atoms with Gasteiger partial charge in [-0.3, -0.25) is 4.79 Å². The number of benzene rings is 3. The van der Waals surface area contributed by atoms with Crippen LogP contribution in [-0.4, -0.2) is 31.9 Å². The van der Waals surface area contributed by atoms with E-state index in [1.165, 1.54) is 10.4 Å². The highest BCUT2D eigenvalue weighted by Gasteiger charge is 2.50. The second-order valence-electron chi connectivity index (χ2n) is 11.1. The summed E-state index contributed by atoms with van der Waals surface area (Å²) in [5.74, 6) is 0.279. The largest absolute Gasteiger partial charge is 0.407 e. The normalized spacial score (nSPS) is 15.1. The number of aromatic nitrogens is 1. The van der Waals surface area contributed by atoms with Crippen molar-refractivity contribution in [3.63, 3.8) is 0 Å². The van der Waals surface area contributed by atoms with E-state index in [0.717, 1.165) is 33.2 Å². The fourth-order valence-electron chi connectivity index (χ4n) is 5.75. The van der Waals surface area contributed by atoms with Crippen molar-refractivity contribution in [3.8, 4) is 0 Å². The lowest BCUT2D eigenvalue weighted by molar-refractivity contribution is 0.0648. The quantitative estimate of drug-likeness (QED) is 0.242. The number of halogens is 1. The van der Waals surface area contributed by atoms with Gasteiger partial charge in [0.15, 0.2) is 5.78 Å². The van der Waals surface area contributed by atoms with Crippen LogP contribution in [-0.2, 0) is 22.3 Å². The highest BCUT2D eigenvalue weighted by atomic mass is 79.9. The third-order valence-corrected chi connectivity index (χ3v) is 12.9. The fourth-order valence-corrected chi connectivity index (χ4v) is 10.8. The molecule has 4 aromatic rings. The third kappa shape index (κ3) is 4.76. The van der Waals surface area contributed by atoms with Crippen molar-refractivity contribution < 1.29 is 14.0 Å². The molecule has 5 rings (SSSR count). The van der Waals surface area contributed by atoms with Gasteiger partial charge in [0.1, 0.15) is 6.61 Å². The minimum absolute atomic E-state index is 0.0588. The van der Waals surface area contributed by atoms with Crippen LogP contribution in [0.5, 0.6) is 0 Å². The zero-order valence-corrected chi connectivity index (χ0v) is 24.5. The van der Waals surface area contributed by atoms with Crippen molar-refractivity contribution in [1.82, 2.24) is 4.57 Å². The third-order valence-electron chi connectivity index (χ3n) is 7.38. The van der Waals surface area contributed by atoms with Crippen LogP contribution in [0.2, 0.25) is 5.04 Å². The lowest BCUT2D eigenvalue weighted by Crippen LogP contribution is -2.66. The van der Waals surface area contributed by atoms with Crippen molar-refractivity contribution in [2.24, 2.45) is 5.92 Å². The summed E-state index contributed by atoms with van der Waals surface area (Å²) in [5.41, 5.74) is 2.85. The zero-order chi connectivity index (χ0) is 26.2.